The van der Waals surface area contributed by atoms with Crippen LogP contribution < -0.4 is 11.1 Å². The molecule has 0 spiro atoms. The van der Waals surface area contributed by atoms with E-state index in [1.807, 2.05) is 0 Å². The standard InChI is InChI=1S/C10H13BrN2O3/c11-8-3-6(1-2-9(8)12)10(16)13-7(4-14)5-15/h1-3,7,14-15H,4-5,12H2,(H,13,16). The lowest BCUT2D eigenvalue weighted by Crippen LogP contribution is -2.40. The topological polar surface area (TPSA) is 95.6 Å². The van der Waals surface area contributed by atoms with Crippen molar-refractivity contribution in [2.75, 3.05) is 18.9 Å². The van der Waals surface area contributed by atoms with Crippen LogP contribution in [0.15, 0.2) is 22.7 Å². The van der Waals surface area contributed by atoms with Gasteiger partial charge in [-0.2, -0.15) is 0 Å². The van der Waals surface area contributed by atoms with Crippen LogP contribution in [0, 0.1) is 0 Å². The summed E-state index contributed by atoms with van der Waals surface area (Å²) in [6.07, 6.45) is 0. The van der Waals surface area contributed by atoms with Crippen molar-refractivity contribution >= 4 is 27.5 Å². The first-order valence-corrected chi connectivity index (χ1v) is 5.45. The number of benzene rings is 1. The van der Waals surface area contributed by atoms with Crippen LogP contribution in [0.25, 0.3) is 0 Å². The zero-order valence-corrected chi connectivity index (χ0v) is 10.1. The van der Waals surface area contributed by atoms with Crippen LogP contribution in [0.5, 0.6) is 0 Å². The van der Waals surface area contributed by atoms with Gasteiger partial charge >= 0.3 is 0 Å². The third kappa shape index (κ3) is 3.19. The first kappa shape index (κ1) is 13.0. The minimum Gasteiger partial charge on any atom is -0.398 e. The van der Waals surface area contributed by atoms with Crippen LogP contribution in [0.3, 0.4) is 0 Å². The van der Waals surface area contributed by atoms with Crippen LogP contribution in [0.4, 0.5) is 5.69 Å². The number of amides is 1. The van der Waals surface area contributed by atoms with Gasteiger partial charge in [0, 0.05) is 15.7 Å². The van der Waals surface area contributed by atoms with Crippen molar-refractivity contribution in [3.8, 4) is 0 Å². The fraction of sp³-hybridized carbons (Fsp3) is 0.300. The highest BCUT2D eigenvalue weighted by Gasteiger charge is 2.12. The van der Waals surface area contributed by atoms with Crippen LogP contribution in [0.1, 0.15) is 10.4 Å². The molecule has 88 valence electrons. The molecule has 0 heterocycles. The minimum absolute atomic E-state index is 0.307. The number of halogens is 1. The normalized spacial score (nSPS) is 10.5. The Balaban J connectivity index is 2.76. The molecule has 0 unspecified atom stereocenters. The predicted molar refractivity (Wildman–Crippen MR) is 64.0 cm³/mol. The number of aliphatic hydroxyl groups excluding tert-OH is 2. The second kappa shape index (κ2) is 5.83. The zero-order valence-electron chi connectivity index (χ0n) is 8.48. The average Bonchev–Trinajstić information content (AvgIpc) is 2.29. The van der Waals surface area contributed by atoms with Crippen molar-refractivity contribution < 1.29 is 15.0 Å². The maximum absolute atomic E-state index is 11.6. The van der Waals surface area contributed by atoms with Crippen molar-refractivity contribution in [1.29, 1.82) is 0 Å². The lowest BCUT2D eigenvalue weighted by molar-refractivity contribution is 0.0879. The molecule has 0 aromatic heterocycles. The predicted octanol–water partition coefficient (Wildman–Crippen LogP) is 0.114. The number of nitrogens with one attached hydrogen (secondary N) is 1. The zero-order chi connectivity index (χ0) is 12.1. The molecule has 0 saturated carbocycles. The summed E-state index contributed by atoms with van der Waals surface area (Å²) in [5.74, 6) is -0.367. The van der Waals surface area contributed by atoms with Gasteiger partial charge in [-0.1, -0.05) is 0 Å². The monoisotopic (exact) mass is 288 g/mol. The molecular weight excluding hydrogens is 276 g/mol. The van der Waals surface area contributed by atoms with Crippen LogP contribution in [0.2, 0.25) is 0 Å². The molecule has 0 bridgehead atoms. The fourth-order valence-corrected chi connectivity index (χ4v) is 1.46. The number of anilines is 1. The summed E-state index contributed by atoms with van der Waals surface area (Å²) in [5.41, 5.74) is 6.53. The third-order valence-electron chi connectivity index (χ3n) is 2.04. The van der Waals surface area contributed by atoms with Gasteiger partial charge in [-0.15, -0.1) is 0 Å². The molecule has 0 radical (unpaired) electrons. The van der Waals surface area contributed by atoms with E-state index in [1.54, 1.807) is 18.2 Å². The summed E-state index contributed by atoms with van der Waals surface area (Å²) in [7, 11) is 0. The molecule has 0 fully saturated rings. The highest BCUT2D eigenvalue weighted by molar-refractivity contribution is 9.10. The summed E-state index contributed by atoms with van der Waals surface area (Å²) in [6.45, 7) is -0.614. The Morgan fingerprint density at radius 3 is 2.56 bits per heavy atom. The van der Waals surface area contributed by atoms with Gasteiger partial charge in [0.1, 0.15) is 0 Å². The maximum atomic E-state index is 11.6. The average molecular weight is 289 g/mol. The van der Waals surface area contributed by atoms with E-state index in [0.29, 0.717) is 15.7 Å². The summed E-state index contributed by atoms with van der Waals surface area (Å²) < 4.78 is 0.629. The van der Waals surface area contributed by atoms with E-state index in [0.717, 1.165) is 0 Å². The fourth-order valence-electron chi connectivity index (χ4n) is 1.09. The van der Waals surface area contributed by atoms with E-state index in [2.05, 4.69) is 21.2 Å². The number of nitrogens with two attached hydrogens (primary N) is 1. The van der Waals surface area contributed by atoms with Gasteiger partial charge < -0.3 is 21.3 Å². The molecule has 0 aliphatic heterocycles. The first-order chi connectivity index (χ1) is 7.58. The van der Waals surface area contributed by atoms with Gasteiger partial charge in [0.2, 0.25) is 0 Å². The van der Waals surface area contributed by atoms with Crippen molar-refractivity contribution in [2.45, 2.75) is 6.04 Å². The smallest absolute Gasteiger partial charge is 0.251 e. The number of nitrogen functional groups attached to an aromatic ring is 1. The summed E-state index contributed by atoms with van der Waals surface area (Å²) in [6, 6.07) is 4.10. The molecule has 1 aromatic carbocycles. The van der Waals surface area contributed by atoms with E-state index < -0.39 is 6.04 Å². The van der Waals surface area contributed by atoms with Crippen LogP contribution in [-0.2, 0) is 0 Å². The minimum atomic E-state index is -0.649. The summed E-state index contributed by atoms with van der Waals surface area (Å²) in [4.78, 5) is 11.6. The number of carbonyl (C=O) groups is 1. The number of aliphatic hydroxyl groups is 2. The van der Waals surface area contributed by atoms with Gasteiger partial charge in [-0.3, -0.25) is 4.79 Å². The quantitative estimate of drug-likeness (QED) is 0.592. The Kier molecular flexibility index (Phi) is 4.72. The summed E-state index contributed by atoms with van der Waals surface area (Å²) in [5, 5.41) is 20.1. The number of hydrogen-bond donors (Lipinski definition) is 4. The van der Waals surface area contributed by atoms with Gasteiger partial charge in [0.15, 0.2) is 0 Å². The van der Waals surface area contributed by atoms with E-state index in [4.69, 9.17) is 15.9 Å². The molecule has 5 N–H and O–H groups in total. The molecule has 0 atom stereocenters. The Morgan fingerprint density at radius 1 is 1.44 bits per heavy atom. The van der Waals surface area contributed by atoms with E-state index in [9.17, 15) is 4.79 Å². The highest BCUT2D eigenvalue weighted by Crippen LogP contribution is 2.20. The van der Waals surface area contributed by atoms with Crippen molar-refractivity contribution in [1.82, 2.24) is 5.32 Å². The summed E-state index contributed by atoms with van der Waals surface area (Å²) >= 11 is 3.21. The second-order valence-electron chi connectivity index (χ2n) is 3.27. The van der Waals surface area contributed by atoms with E-state index in [-0.39, 0.29) is 19.1 Å². The Morgan fingerprint density at radius 2 is 2.06 bits per heavy atom. The molecule has 5 nitrogen and oxygen atoms in total. The molecular formula is C10H13BrN2O3. The third-order valence-corrected chi connectivity index (χ3v) is 2.73. The molecule has 0 aliphatic carbocycles. The van der Waals surface area contributed by atoms with E-state index >= 15 is 0 Å². The Hall–Kier alpha value is -1.11. The second-order valence-corrected chi connectivity index (χ2v) is 4.13. The van der Waals surface area contributed by atoms with Gasteiger partial charge in [-0.25, -0.2) is 0 Å². The lowest BCUT2D eigenvalue weighted by Gasteiger charge is -2.13. The number of carbonyl (C=O) groups excluding carboxylic acids is 1. The SMILES string of the molecule is Nc1ccc(C(=O)NC(CO)CO)cc1Br. The van der Waals surface area contributed by atoms with E-state index in [1.165, 1.54) is 0 Å². The highest BCUT2D eigenvalue weighted by atomic mass is 79.9. The van der Waals surface area contributed by atoms with Crippen LogP contribution in [-0.4, -0.2) is 35.4 Å². The lowest BCUT2D eigenvalue weighted by atomic mass is 10.2. The van der Waals surface area contributed by atoms with Gasteiger partial charge in [0.25, 0.3) is 5.91 Å². The Labute approximate surface area is 101 Å². The molecule has 1 amide bonds. The molecule has 16 heavy (non-hydrogen) atoms. The number of hydrogen-bond acceptors (Lipinski definition) is 4. The van der Waals surface area contributed by atoms with Crippen LogP contribution >= 0.6 is 15.9 Å². The van der Waals surface area contributed by atoms with Crippen molar-refractivity contribution in [3.63, 3.8) is 0 Å². The first-order valence-electron chi connectivity index (χ1n) is 4.66. The van der Waals surface area contributed by atoms with Crippen molar-refractivity contribution in [2.24, 2.45) is 0 Å². The largest absolute Gasteiger partial charge is 0.398 e. The Bertz CT molecular complexity index is 380. The molecule has 1 aromatic rings. The van der Waals surface area contributed by atoms with Crippen molar-refractivity contribution in [3.05, 3.63) is 28.2 Å². The van der Waals surface area contributed by atoms with Gasteiger partial charge in [-0.05, 0) is 34.1 Å². The molecule has 6 heteroatoms. The molecule has 1 rings (SSSR count). The van der Waals surface area contributed by atoms with Gasteiger partial charge in [0.05, 0.1) is 19.3 Å². The maximum Gasteiger partial charge on any atom is 0.251 e. The molecule has 0 saturated heterocycles. The number of rotatable bonds is 4. The molecule has 0 aliphatic rings.